The average molecular weight is 343 g/mol. The van der Waals surface area contributed by atoms with Gasteiger partial charge in [0, 0.05) is 6.54 Å². The van der Waals surface area contributed by atoms with Gasteiger partial charge in [-0.15, -0.1) is 0 Å². The van der Waals surface area contributed by atoms with E-state index in [1.165, 1.54) is 7.11 Å². The molecular weight excluding hydrogens is 322 g/mol. The van der Waals surface area contributed by atoms with Crippen LogP contribution in [0.4, 0.5) is 0 Å². The molecule has 132 valence electrons. The zero-order valence-electron chi connectivity index (χ0n) is 14.5. The van der Waals surface area contributed by atoms with Crippen LogP contribution in [0.5, 0.6) is 11.5 Å². The van der Waals surface area contributed by atoms with E-state index >= 15 is 0 Å². The fourth-order valence-corrected chi connectivity index (χ4v) is 2.16. The maximum atomic E-state index is 12.0. The third-order valence-electron chi connectivity index (χ3n) is 3.63. The van der Waals surface area contributed by atoms with Gasteiger partial charge in [-0.25, -0.2) is 4.79 Å². The quantitative estimate of drug-likeness (QED) is 0.782. The Balaban J connectivity index is 1.81. The van der Waals surface area contributed by atoms with E-state index in [-0.39, 0.29) is 12.5 Å². The molecule has 0 fully saturated rings. The van der Waals surface area contributed by atoms with E-state index in [1.807, 2.05) is 31.2 Å². The largest absolute Gasteiger partial charge is 0.497 e. The second kappa shape index (κ2) is 8.73. The Kier molecular flexibility index (Phi) is 6.39. The van der Waals surface area contributed by atoms with Gasteiger partial charge in [0.05, 0.1) is 19.8 Å². The molecule has 0 heterocycles. The summed E-state index contributed by atoms with van der Waals surface area (Å²) in [7, 11) is 3.12. The molecule has 25 heavy (non-hydrogen) atoms. The van der Waals surface area contributed by atoms with Gasteiger partial charge < -0.3 is 19.5 Å². The van der Waals surface area contributed by atoms with Crippen LogP contribution in [-0.4, -0.2) is 32.7 Å². The van der Waals surface area contributed by atoms with Crippen LogP contribution in [0, 0.1) is 6.92 Å². The molecule has 0 atom stereocenters. The molecule has 0 unspecified atom stereocenters. The minimum Gasteiger partial charge on any atom is -0.497 e. The van der Waals surface area contributed by atoms with Crippen LogP contribution in [-0.2, 0) is 16.1 Å². The molecule has 0 bridgehead atoms. The molecule has 0 radical (unpaired) electrons. The van der Waals surface area contributed by atoms with Crippen LogP contribution in [0.25, 0.3) is 0 Å². The van der Waals surface area contributed by atoms with Gasteiger partial charge in [0.1, 0.15) is 11.5 Å². The maximum Gasteiger partial charge on any atom is 0.338 e. The molecule has 1 N–H and O–H groups in total. The van der Waals surface area contributed by atoms with E-state index < -0.39 is 5.97 Å². The average Bonchev–Trinajstić information content (AvgIpc) is 2.65. The lowest BCUT2D eigenvalue weighted by atomic mass is 10.1. The van der Waals surface area contributed by atoms with Crippen LogP contribution in [0.15, 0.2) is 42.5 Å². The molecule has 2 aromatic carbocycles. The van der Waals surface area contributed by atoms with Crippen LogP contribution < -0.4 is 14.8 Å². The highest BCUT2D eigenvalue weighted by molar-refractivity contribution is 5.91. The SMILES string of the molecule is COc1ccc(CNC(=O)COC(=O)c2ccc(C)c(OC)c2)cc1. The first kappa shape index (κ1) is 18.3. The third-order valence-corrected chi connectivity index (χ3v) is 3.63. The summed E-state index contributed by atoms with van der Waals surface area (Å²) in [5.74, 6) is 0.400. The monoisotopic (exact) mass is 343 g/mol. The molecule has 2 rings (SSSR count). The molecule has 0 aromatic heterocycles. The van der Waals surface area contributed by atoms with Crippen molar-refractivity contribution in [3.63, 3.8) is 0 Å². The van der Waals surface area contributed by atoms with Gasteiger partial charge in [-0.05, 0) is 42.3 Å². The lowest BCUT2D eigenvalue weighted by molar-refractivity contribution is -0.124. The van der Waals surface area contributed by atoms with E-state index in [0.717, 1.165) is 16.9 Å². The zero-order valence-corrected chi connectivity index (χ0v) is 14.5. The number of hydrogen-bond donors (Lipinski definition) is 1. The number of esters is 1. The Morgan fingerprint density at radius 3 is 2.36 bits per heavy atom. The van der Waals surface area contributed by atoms with Crippen molar-refractivity contribution in [1.29, 1.82) is 0 Å². The number of aryl methyl sites for hydroxylation is 1. The molecule has 6 nitrogen and oxygen atoms in total. The first-order chi connectivity index (χ1) is 12.0. The lowest BCUT2D eigenvalue weighted by Gasteiger charge is -2.09. The van der Waals surface area contributed by atoms with E-state index in [4.69, 9.17) is 14.2 Å². The van der Waals surface area contributed by atoms with Crippen molar-refractivity contribution in [2.75, 3.05) is 20.8 Å². The number of carbonyl (C=O) groups is 2. The topological polar surface area (TPSA) is 73.9 Å². The Hall–Kier alpha value is -3.02. The lowest BCUT2D eigenvalue weighted by Crippen LogP contribution is -2.28. The van der Waals surface area contributed by atoms with Gasteiger partial charge >= 0.3 is 5.97 Å². The van der Waals surface area contributed by atoms with Crippen molar-refractivity contribution in [3.05, 3.63) is 59.2 Å². The highest BCUT2D eigenvalue weighted by atomic mass is 16.5. The molecule has 0 aliphatic carbocycles. The van der Waals surface area contributed by atoms with E-state index in [9.17, 15) is 9.59 Å². The standard InChI is InChI=1S/C19H21NO5/c1-13-4-7-15(10-17(13)24-3)19(22)25-12-18(21)20-11-14-5-8-16(23-2)9-6-14/h4-10H,11-12H2,1-3H3,(H,20,21). The Morgan fingerprint density at radius 1 is 1.00 bits per heavy atom. The summed E-state index contributed by atoms with van der Waals surface area (Å²) in [5, 5.41) is 2.69. The predicted molar refractivity (Wildman–Crippen MR) is 92.9 cm³/mol. The number of benzene rings is 2. The minimum absolute atomic E-state index is 0.338. The molecular formula is C19H21NO5. The molecule has 2 aromatic rings. The van der Waals surface area contributed by atoms with Crippen molar-refractivity contribution < 1.29 is 23.8 Å². The molecule has 0 saturated heterocycles. The minimum atomic E-state index is -0.571. The van der Waals surface area contributed by atoms with Crippen molar-refractivity contribution in [2.45, 2.75) is 13.5 Å². The van der Waals surface area contributed by atoms with E-state index in [0.29, 0.717) is 17.9 Å². The fraction of sp³-hybridized carbons (Fsp3) is 0.263. The van der Waals surface area contributed by atoms with Gasteiger partial charge in [-0.2, -0.15) is 0 Å². The number of carbonyl (C=O) groups excluding carboxylic acids is 2. The van der Waals surface area contributed by atoms with Gasteiger partial charge in [0.25, 0.3) is 5.91 Å². The summed E-state index contributed by atoms with van der Waals surface area (Å²) in [6.45, 7) is 1.88. The van der Waals surface area contributed by atoms with Crippen LogP contribution in [0.1, 0.15) is 21.5 Å². The number of rotatable bonds is 7. The smallest absolute Gasteiger partial charge is 0.338 e. The van der Waals surface area contributed by atoms with Gasteiger partial charge in [0.15, 0.2) is 6.61 Å². The first-order valence-electron chi connectivity index (χ1n) is 7.75. The van der Waals surface area contributed by atoms with Gasteiger partial charge in [-0.3, -0.25) is 4.79 Å². The zero-order chi connectivity index (χ0) is 18.2. The van der Waals surface area contributed by atoms with Crippen molar-refractivity contribution >= 4 is 11.9 Å². The number of amides is 1. The van der Waals surface area contributed by atoms with Crippen molar-refractivity contribution in [1.82, 2.24) is 5.32 Å². The van der Waals surface area contributed by atoms with Crippen LogP contribution in [0.2, 0.25) is 0 Å². The Morgan fingerprint density at radius 2 is 1.72 bits per heavy atom. The van der Waals surface area contributed by atoms with Crippen LogP contribution >= 0.6 is 0 Å². The highest BCUT2D eigenvalue weighted by Gasteiger charge is 2.12. The number of ether oxygens (including phenoxy) is 3. The highest BCUT2D eigenvalue weighted by Crippen LogP contribution is 2.19. The summed E-state index contributed by atoms with van der Waals surface area (Å²) in [6, 6.07) is 12.3. The molecule has 0 aliphatic rings. The molecule has 6 heteroatoms. The summed E-state index contributed by atoms with van der Waals surface area (Å²) >= 11 is 0. The second-order valence-electron chi connectivity index (χ2n) is 5.39. The van der Waals surface area contributed by atoms with Crippen molar-refractivity contribution in [2.24, 2.45) is 0 Å². The van der Waals surface area contributed by atoms with Gasteiger partial charge in [-0.1, -0.05) is 18.2 Å². The molecule has 0 spiro atoms. The first-order valence-corrected chi connectivity index (χ1v) is 7.75. The fourth-order valence-electron chi connectivity index (χ4n) is 2.16. The molecule has 0 saturated carbocycles. The summed E-state index contributed by atoms with van der Waals surface area (Å²) in [5.41, 5.74) is 2.17. The third kappa shape index (κ3) is 5.24. The van der Waals surface area contributed by atoms with E-state index in [1.54, 1.807) is 25.3 Å². The maximum absolute atomic E-state index is 12.0. The number of nitrogens with one attached hydrogen (secondary N) is 1. The second-order valence-corrected chi connectivity index (χ2v) is 5.39. The van der Waals surface area contributed by atoms with Gasteiger partial charge in [0.2, 0.25) is 0 Å². The Labute approximate surface area is 146 Å². The normalized spacial score (nSPS) is 10.0. The van der Waals surface area contributed by atoms with E-state index in [2.05, 4.69) is 5.32 Å². The summed E-state index contributed by atoms with van der Waals surface area (Å²) in [6.07, 6.45) is 0. The number of methoxy groups -OCH3 is 2. The van der Waals surface area contributed by atoms with Crippen LogP contribution in [0.3, 0.4) is 0 Å². The summed E-state index contributed by atoms with van der Waals surface area (Å²) < 4.78 is 15.3. The summed E-state index contributed by atoms with van der Waals surface area (Å²) in [4.78, 5) is 23.8. The number of hydrogen-bond acceptors (Lipinski definition) is 5. The molecule has 0 aliphatic heterocycles. The molecule has 1 amide bonds. The Bertz CT molecular complexity index is 740. The predicted octanol–water partition coefficient (Wildman–Crippen LogP) is 2.49. The van der Waals surface area contributed by atoms with Crippen molar-refractivity contribution in [3.8, 4) is 11.5 Å².